The average Bonchev–Trinajstić information content (AvgIpc) is 2.07. The van der Waals surface area contributed by atoms with Crippen LogP contribution >= 0.6 is 0 Å². The SMILES string of the molecule is CCNCCOC1CC(C)(C)NC(C)(C)C1. The topological polar surface area (TPSA) is 33.3 Å². The minimum atomic E-state index is 0.185. The van der Waals surface area contributed by atoms with Gasteiger partial charge in [0, 0.05) is 17.6 Å². The first-order valence-electron chi connectivity index (χ1n) is 6.46. The smallest absolute Gasteiger partial charge is 0.0610 e. The largest absolute Gasteiger partial charge is 0.377 e. The zero-order chi connectivity index (χ0) is 12.2. The molecule has 0 radical (unpaired) electrons. The van der Waals surface area contributed by atoms with Crippen LogP contribution in [0.25, 0.3) is 0 Å². The minimum absolute atomic E-state index is 0.185. The van der Waals surface area contributed by atoms with E-state index in [0.717, 1.165) is 32.5 Å². The molecule has 0 aromatic carbocycles. The van der Waals surface area contributed by atoms with Gasteiger partial charge in [-0.1, -0.05) is 6.92 Å². The van der Waals surface area contributed by atoms with Crippen LogP contribution in [0, 0.1) is 0 Å². The van der Waals surface area contributed by atoms with E-state index in [1.54, 1.807) is 0 Å². The van der Waals surface area contributed by atoms with Gasteiger partial charge in [-0.05, 0) is 47.1 Å². The molecule has 0 spiro atoms. The van der Waals surface area contributed by atoms with Crippen molar-refractivity contribution < 1.29 is 4.74 Å². The van der Waals surface area contributed by atoms with Gasteiger partial charge in [-0.15, -0.1) is 0 Å². The van der Waals surface area contributed by atoms with E-state index >= 15 is 0 Å². The monoisotopic (exact) mass is 228 g/mol. The quantitative estimate of drug-likeness (QED) is 0.705. The van der Waals surface area contributed by atoms with Gasteiger partial charge in [0.25, 0.3) is 0 Å². The number of ether oxygens (including phenoxy) is 1. The second-order valence-corrected chi connectivity index (χ2v) is 6.15. The van der Waals surface area contributed by atoms with Crippen molar-refractivity contribution >= 4 is 0 Å². The molecule has 0 aromatic heterocycles. The number of rotatable bonds is 5. The third-order valence-electron chi connectivity index (χ3n) is 3.04. The zero-order valence-electron chi connectivity index (χ0n) is 11.5. The lowest BCUT2D eigenvalue weighted by molar-refractivity contribution is -0.0200. The van der Waals surface area contributed by atoms with E-state index in [2.05, 4.69) is 45.3 Å². The maximum Gasteiger partial charge on any atom is 0.0610 e. The molecule has 0 bridgehead atoms. The average molecular weight is 228 g/mol. The van der Waals surface area contributed by atoms with Crippen LogP contribution in [0.15, 0.2) is 0 Å². The Morgan fingerprint density at radius 1 is 1.19 bits per heavy atom. The predicted molar refractivity (Wildman–Crippen MR) is 68.8 cm³/mol. The summed E-state index contributed by atoms with van der Waals surface area (Å²) in [5.41, 5.74) is 0.370. The summed E-state index contributed by atoms with van der Waals surface area (Å²) in [7, 11) is 0. The van der Waals surface area contributed by atoms with E-state index < -0.39 is 0 Å². The number of likely N-dealkylation sites (N-methyl/N-ethyl adjacent to an activating group) is 1. The van der Waals surface area contributed by atoms with Crippen LogP contribution in [-0.4, -0.2) is 36.9 Å². The molecule has 0 atom stereocenters. The highest BCUT2D eigenvalue weighted by molar-refractivity contribution is 4.97. The lowest BCUT2D eigenvalue weighted by Crippen LogP contribution is -2.59. The summed E-state index contributed by atoms with van der Waals surface area (Å²) in [5, 5.41) is 6.96. The Hall–Kier alpha value is -0.120. The fraction of sp³-hybridized carbons (Fsp3) is 1.00. The molecule has 0 unspecified atom stereocenters. The van der Waals surface area contributed by atoms with Crippen LogP contribution in [0.5, 0.6) is 0 Å². The van der Waals surface area contributed by atoms with Crippen molar-refractivity contribution in [2.45, 2.75) is 64.6 Å². The summed E-state index contributed by atoms with van der Waals surface area (Å²) in [5.74, 6) is 0. The zero-order valence-corrected chi connectivity index (χ0v) is 11.5. The van der Waals surface area contributed by atoms with Crippen molar-refractivity contribution in [2.75, 3.05) is 19.7 Å². The molecule has 1 heterocycles. The molecule has 2 N–H and O–H groups in total. The van der Waals surface area contributed by atoms with Gasteiger partial charge in [0.2, 0.25) is 0 Å². The molecule has 1 saturated heterocycles. The minimum Gasteiger partial charge on any atom is -0.377 e. The molecular formula is C13H28N2O. The maximum atomic E-state index is 5.95. The maximum absolute atomic E-state index is 5.95. The Morgan fingerprint density at radius 3 is 2.25 bits per heavy atom. The Bertz CT molecular complexity index is 198. The van der Waals surface area contributed by atoms with E-state index in [1.165, 1.54) is 0 Å². The van der Waals surface area contributed by atoms with Crippen molar-refractivity contribution in [1.82, 2.24) is 10.6 Å². The first-order chi connectivity index (χ1) is 7.35. The highest BCUT2D eigenvalue weighted by Crippen LogP contribution is 2.30. The van der Waals surface area contributed by atoms with Crippen molar-refractivity contribution in [3.8, 4) is 0 Å². The summed E-state index contributed by atoms with van der Waals surface area (Å²) in [6, 6.07) is 0. The lowest BCUT2D eigenvalue weighted by Gasteiger charge is -2.46. The van der Waals surface area contributed by atoms with Crippen LogP contribution in [0.2, 0.25) is 0 Å². The van der Waals surface area contributed by atoms with Gasteiger partial charge in [0.1, 0.15) is 0 Å². The van der Waals surface area contributed by atoms with Crippen LogP contribution in [0.3, 0.4) is 0 Å². The van der Waals surface area contributed by atoms with Gasteiger partial charge in [0.15, 0.2) is 0 Å². The van der Waals surface area contributed by atoms with Crippen LogP contribution in [0.4, 0.5) is 0 Å². The second kappa shape index (κ2) is 5.48. The molecule has 3 nitrogen and oxygen atoms in total. The number of hydrogen-bond donors (Lipinski definition) is 2. The standard InChI is InChI=1S/C13H28N2O/c1-6-14-7-8-16-11-9-12(2,3)15-13(4,5)10-11/h11,14-15H,6-10H2,1-5H3. The second-order valence-electron chi connectivity index (χ2n) is 6.15. The number of nitrogens with one attached hydrogen (secondary N) is 2. The Morgan fingerprint density at radius 2 is 1.75 bits per heavy atom. The molecule has 1 rings (SSSR count). The third kappa shape index (κ3) is 4.81. The molecule has 1 fully saturated rings. The number of piperidine rings is 1. The summed E-state index contributed by atoms with van der Waals surface area (Å²) in [6.45, 7) is 14.0. The van der Waals surface area contributed by atoms with Crippen molar-refractivity contribution in [3.05, 3.63) is 0 Å². The van der Waals surface area contributed by atoms with Gasteiger partial charge in [-0.3, -0.25) is 0 Å². The van der Waals surface area contributed by atoms with E-state index in [0.29, 0.717) is 6.10 Å². The lowest BCUT2D eigenvalue weighted by atomic mass is 9.81. The molecule has 0 aromatic rings. The molecule has 0 aliphatic carbocycles. The van der Waals surface area contributed by atoms with Crippen molar-refractivity contribution in [3.63, 3.8) is 0 Å². The predicted octanol–water partition coefficient (Wildman–Crippen LogP) is 1.92. The van der Waals surface area contributed by atoms with E-state index in [1.807, 2.05) is 0 Å². The van der Waals surface area contributed by atoms with E-state index in [4.69, 9.17) is 4.74 Å². The Labute approximate surface area is 100 Å². The first kappa shape index (κ1) is 13.9. The van der Waals surface area contributed by atoms with Crippen LogP contribution in [-0.2, 0) is 4.74 Å². The molecule has 16 heavy (non-hydrogen) atoms. The molecule has 3 heteroatoms. The van der Waals surface area contributed by atoms with E-state index in [-0.39, 0.29) is 11.1 Å². The molecular weight excluding hydrogens is 200 g/mol. The Balaban J connectivity index is 2.36. The summed E-state index contributed by atoms with van der Waals surface area (Å²) in [6.07, 6.45) is 2.59. The van der Waals surface area contributed by atoms with E-state index in [9.17, 15) is 0 Å². The van der Waals surface area contributed by atoms with Crippen molar-refractivity contribution in [2.24, 2.45) is 0 Å². The van der Waals surface area contributed by atoms with Gasteiger partial charge in [0.05, 0.1) is 12.7 Å². The normalized spacial score (nSPS) is 24.6. The Kier molecular flexibility index (Phi) is 4.77. The molecule has 0 amide bonds. The summed E-state index contributed by atoms with van der Waals surface area (Å²) >= 11 is 0. The molecule has 1 aliphatic heterocycles. The van der Waals surface area contributed by atoms with Gasteiger partial charge in [-0.25, -0.2) is 0 Å². The molecule has 96 valence electrons. The summed E-state index contributed by atoms with van der Waals surface area (Å²) in [4.78, 5) is 0. The van der Waals surface area contributed by atoms with Gasteiger partial charge < -0.3 is 15.4 Å². The fourth-order valence-corrected chi connectivity index (χ4v) is 2.82. The third-order valence-corrected chi connectivity index (χ3v) is 3.04. The van der Waals surface area contributed by atoms with Crippen LogP contribution in [0.1, 0.15) is 47.5 Å². The number of hydrogen-bond acceptors (Lipinski definition) is 3. The summed E-state index contributed by atoms with van der Waals surface area (Å²) < 4.78 is 5.95. The fourth-order valence-electron chi connectivity index (χ4n) is 2.82. The van der Waals surface area contributed by atoms with Gasteiger partial charge >= 0.3 is 0 Å². The molecule has 0 saturated carbocycles. The van der Waals surface area contributed by atoms with Gasteiger partial charge in [-0.2, -0.15) is 0 Å². The van der Waals surface area contributed by atoms with Crippen molar-refractivity contribution in [1.29, 1.82) is 0 Å². The first-order valence-corrected chi connectivity index (χ1v) is 6.46. The van der Waals surface area contributed by atoms with Crippen LogP contribution < -0.4 is 10.6 Å². The highest BCUT2D eigenvalue weighted by atomic mass is 16.5. The molecule has 1 aliphatic rings. The highest BCUT2D eigenvalue weighted by Gasteiger charge is 2.37.